The summed E-state index contributed by atoms with van der Waals surface area (Å²) >= 11 is 3.27. The van der Waals surface area contributed by atoms with E-state index in [9.17, 15) is 10.2 Å². The van der Waals surface area contributed by atoms with Crippen molar-refractivity contribution in [2.75, 3.05) is 5.75 Å². The van der Waals surface area contributed by atoms with Crippen molar-refractivity contribution in [2.24, 2.45) is 4.99 Å². The molecule has 2 atom stereocenters. The Morgan fingerprint density at radius 3 is 2.93 bits per heavy atom. The Hall–Kier alpha value is -2.12. The molecule has 0 radical (unpaired) electrons. The highest BCUT2D eigenvalue weighted by Gasteiger charge is 2.49. The molecule has 3 heterocycles. The fraction of sp³-hybridized carbons (Fsp3) is 0.381. The van der Waals surface area contributed by atoms with Gasteiger partial charge in [-0.1, -0.05) is 30.0 Å². The summed E-state index contributed by atoms with van der Waals surface area (Å²) < 4.78 is 6.37. The summed E-state index contributed by atoms with van der Waals surface area (Å²) in [5, 5.41) is 27.0. The zero-order valence-electron chi connectivity index (χ0n) is 15.9. The number of amidine groups is 1. The summed E-state index contributed by atoms with van der Waals surface area (Å²) in [6.45, 7) is 8.04. The second-order valence-corrected chi connectivity index (χ2v) is 9.86. The lowest BCUT2D eigenvalue weighted by Gasteiger charge is -2.47. The molecule has 0 fully saturated rings. The Balaban J connectivity index is 1.84. The summed E-state index contributed by atoms with van der Waals surface area (Å²) in [4.78, 5) is 6.14. The van der Waals surface area contributed by atoms with Crippen molar-refractivity contribution < 1.29 is 14.9 Å². The maximum absolute atomic E-state index is 10.6. The third-order valence-electron chi connectivity index (χ3n) is 5.02. The molecule has 1 aromatic heterocycles. The number of fused-ring (bicyclic) bond motifs is 1. The lowest BCUT2D eigenvalue weighted by atomic mass is 9.80. The van der Waals surface area contributed by atoms with Crippen LogP contribution in [0.15, 0.2) is 47.3 Å². The normalized spacial score (nSPS) is 25.4. The molecule has 1 spiro atoms. The molecule has 4 rings (SSSR count). The van der Waals surface area contributed by atoms with E-state index in [1.807, 2.05) is 18.2 Å². The zero-order valence-corrected chi connectivity index (χ0v) is 17.6. The van der Waals surface area contributed by atoms with Crippen LogP contribution in [0.25, 0.3) is 0 Å². The molecule has 2 aliphatic heterocycles. The Morgan fingerprint density at radius 2 is 2.21 bits per heavy atom. The number of aliphatic imine (C=N–C) groups is 1. The summed E-state index contributed by atoms with van der Waals surface area (Å²) in [6.07, 6.45) is 3.17. The molecular formula is C21H24N2O3S2. The Labute approximate surface area is 173 Å². The highest BCUT2D eigenvalue weighted by molar-refractivity contribution is 8.13. The minimum atomic E-state index is -0.814. The van der Waals surface area contributed by atoms with Gasteiger partial charge in [-0.2, -0.15) is 0 Å². The van der Waals surface area contributed by atoms with E-state index in [1.165, 1.54) is 10.9 Å². The summed E-state index contributed by atoms with van der Waals surface area (Å²) in [7, 11) is 0. The average Bonchev–Trinajstić information content (AvgIpc) is 3.16. The van der Waals surface area contributed by atoms with Crippen molar-refractivity contribution in [3.05, 3.63) is 52.7 Å². The number of nitrogens with one attached hydrogen (secondary N) is 1. The summed E-state index contributed by atoms with van der Waals surface area (Å²) in [5.41, 5.74) is -0.157. The summed E-state index contributed by atoms with van der Waals surface area (Å²) in [6, 6.07) is 7.50. The SMILES string of the molecule is C=CCSC1=N[C@]2(C[C@@H](c3cccs3)c3ccc(O)c(O)c3O2)CC(C)(C)N1. The van der Waals surface area contributed by atoms with Gasteiger partial charge in [-0.05, 0) is 31.4 Å². The van der Waals surface area contributed by atoms with Gasteiger partial charge in [0.15, 0.2) is 16.7 Å². The number of ether oxygens (including phenoxy) is 1. The Morgan fingerprint density at radius 1 is 1.39 bits per heavy atom. The minimum absolute atomic E-state index is 0.0403. The molecule has 3 N–H and O–H groups in total. The lowest BCUT2D eigenvalue weighted by Crippen LogP contribution is -2.57. The van der Waals surface area contributed by atoms with Gasteiger partial charge in [-0.25, -0.2) is 4.99 Å². The van der Waals surface area contributed by atoms with E-state index >= 15 is 0 Å². The van der Waals surface area contributed by atoms with E-state index in [2.05, 4.69) is 37.2 Å². The molecule has 0 saturated heterocycles. The van der Waals surface area contributed by atoms with Gasteiger partial charge in [0, 0.05) is 40.5 Å². The van der Waals surface area contributed by atoms with Gasteiger partial charge in [-0.15, -0.1) is 17.9 Å². The fourth-order valence-corrected chi connectivity index (χ4v) is 5.72. The molecule has 5 nitrogen and oxygen atoms in total. The predicted molar refractivity (Wildman–Crippen MR) is 116 cm³/mol. The number of phenols is 2. The standard InChI is InChI=1S/C21H24N2O3S2/c1-4-9-28-19-22-20(2,3)12-21(23-19)11-14(16-6-5-10-27-16)13-7-8-15(24)17(25)18(13)26-21/h4-8,10,14,24-25H,1,9,11-12H2,2-3H3,(H,22,23)/t14-,21+/m1/s1. The molecule has 2 aliphatic rings. The highest BCUT2D eigenvalue weighted by atomic mass is 32.2. The van der Waals surface area contributed by atoms with E-state index in [0.717, 1.165) is 16.5 Å². The van der Waals surface area contributed by atoms with E-state index in [4.69, 9.17) is 9.73 Å². The molecule has 2 aromatic rings. The first-order valence-corrected chi connectivity index (χ1v) is 11.1. The number of rotatable bonds is 3. The number of hydrogen-bond acceptors (Lipinski definition) is 7. The van der Waals surface area contributed by atoms with Gasteiger partial charge < -0.3 is 20.3 Å². The Kier molecular flexibility index (Phi) is 4.83. The van der Waals surface area contributed by atoms with Crippen LogP contribution < -0.4 is 10.1 Å². The van der Waals surface area contributed by atoms with Crippen LogP contribution in [0.2, 0.25) is 0 Å². The predicted octanol–water partition coefficient (Wildman–Crippen LogP) is 4.82. The maximum Gasteiger partial charge on any atom is 0.206 e. The third kappa shape index (κ3) is 3.49. The first-order chi connectivity index (χ1) is 13.3. The van der Waals surface area contributed by atoms with Crippen molar-refractivity contribution >= 4 is 28.3 Å². The van der Waals surface area contributed by atoms with Crippen LogP contribution in [0, 0.1) is 0 Å². The van der Waals surface area contributed by atoms with E-state index in [0.29, 0.717) is 18.6 Å². The highest BCUT2D eigenvalue weighted by Crippen LogP contribution is 2.54. The van der Waals surface area contributed by atoms with Gasteiger partial charge in [-0.3, -0.25) is 0 Å². The smallest absolute Gasteiger partial charge is 0.206 e. The van der Waals surface area contributed by atoms with Crippen LogP contribution >= 0.6 is 23.1 Å². The molecule has 0 bridgehead atoms. The van der Waals surface area contributed by atoms with Crippen molar-refractivity contribution in [1.82, 2.24) is 5.32 Å². The number of hydrogen-bond donors (Lipinski definition) is 3. The van der Waals surface area contributed by atoms with Crippen LogP contribution in [0.3, 0.4) is 0 Å². The van der Waals surface area contributed by atoms with E-state index < -0.39 is 5.72 Å². The number of phenolic OH excluding ortho intramolecular Hbond substituents is 2. The topological polar surface area (TPSA) is 74.1 Å². The molecule has 28 heavy (non-hydrogen) atoms. The molecular weight excluding hydrogens is 392 g/mol. The molecule has 148 valence electrons. The molecule has 0 saturated carbocycles. The van der Waals surface area contributed by atoms with Gasteiger partial charge in [0.25, 0.3) is 0 Å². The Bertz CT molecular complexity index is 924. The quantitative estimate of drug-likeness (QED) is 0.494. The first kappa shape index (κ1) is 19.2. The van der Waals surface area contributed by atoms with Crippen LogP contribution in [0.4, 0.5) is 0 Å². The number of aromatic hydroxyl groups is 2. The van der Waals surface area contributed by atoms with Crippen molar-refractivity contribution in [1.29, 1.82) is 0 Å². The van der Waals surface area contributed by atoms with Crippen LogP contribution in [-0.2, 0) is 0 Å². The number of thiophene rings is 1. The van der Waals surface area contributed by atoms with Gasteiger partial charge >= 0.3 is 0 Å². The second-order valence-electron chi connectivity index (χ2n) is 7.87. The van der Waals surface area contributed by atoms with Gasteiger partial charge in [0.2, 0.25) is 11.5 Å². The molecule has 0 unspecified atom stereocenters. The number of benzene rings is 1. The van der Waals surface area contributed by atoms with E-state index in [1.54, 1.807) is 23.1 Å². The van der Waals surface area contributed by atoms with Crippen LogP contribution in [-0.4, -0.2) is 32.4 Å². The monoisotopic (exact) mass is 416 g/mol. The number of thioether (sulfide) groups is 1. The van der Waals surface area contributed by atoms with Crippen molar-refractivity contribution in [2.45, 2.75) is 43.9 Å². The first-order valence-electron chi connectivity index (χ1n) is 9.21. The van der Waals surface area contributed by atoms with Crippen molar-refractivity contribution in [3.8, 4) is 17.2 Å². The maximum atomic E-state index is 10.6. The van der Waals surface area contributed by atoms with Gasteiger partial charge in [0.1, 0.15) is 0 Å². The van der Waals surface area contributed by atoms with E-state index in [-0.39, 0.29) is 23.0 Å². The fourth-order valence-electron chi connectivity index (χ4n) is 4.02. The average molecular weight is 417 g/mol. The largest absolute Gasteiger partial charge is 0.504 e. The van der Waals surface area contributed by atoms with Crippen LogP contribution in [0.1, 0.15) is 43.0 Å². The van der Waals surface area contributed by atoms with Crippen molar-refractivity contribution in [3.63, 3.8) is 0 Å². The molecule has 0 amide bonds. The van der Waals surface area contributed by atoms with Gasteiger partial charge in [0.05, 0.1) is 0 Å². The number of nitrogens with zero attached hydrogens (tertiary/aromatic N) is 1. The second kappa shape index (κ2) is 7.04. The summed E-state index contributed by atoms with van der Waals surface area (Å²) in [5.74, 6) is 0.719. The zero-order chi connectivity index (χ0) is 19.9. The van der Waals surface area contributed by atoms with Crippen LogP contribution in [0.5, 0.6) is 17.2 Å². The molecule has 7 heteroatoms. The minimum Gasteiger partial charge on any atom is -0.504 e. The third-order valence-corrected chi connectivity index (χ3v) is 6.88. The lowest BCUT2D eigenvalue weighted by molar-refractivity contribution is 0.0111. The molecule has 1 aromatic carbocycles. The molecule has 0 aliphatic carbocycles.